The molecule has 190 valence electrons. The zero-order valence-electron chi connectivity index (χ0n) is 19.3. The van der Waals surface area contributed by atoms with Gasteiger partial charge >= 0.3 is 12.2 Å². The first-order chi connectivity index (χ1) is 17.7. The van der Waals surface area contributed by atoms with Gasteiger partial charge in [0, 0.05) is 29.2 Å². The number of hydrogen-bond acceptors (Lipinski definition) is 5. The van der Waals surface area contributed by atoms with Gasteiger partial charge in [0.15, 0.2) is 5.82 Å². The van der Waals surface area contributed by atoms with E-state index in [1.165, 1.54) is 35.1 Å². The van der Waals surface area contributed by atoms with Crippen molar-refractivity contribution in [3.63, 3.8) is 0 Å². The minimum Gasteiger partial charge on any atom is -0.382 e. The number of carbonyl (C=O) groups is 2. The van der Waals surface area contributed by atoms with Crippen LogP contribution < -0.4 is 21.7 Å². The Morgan fingerprint density at radius 3 is 2.49 bits per heavy atom. The Morgan fingerprint density at radius 2 is 1.78 bits per heavy atom. The second kappa shape index (κ2) is 9.45. The van der Waals surface area contributed by atoms with Gasteiger partial charge in [0.2, 0.25) is 0 Å². The topological polar surface area (TPSA) is 126 Å². The summed E-state index contributed by atoms with van der Waals surface area (Å²) in [4.78, 5) is 29.4. The lowest BCUT2D eigenvalue weighted by Crippen LogP contribution is -2.25. The monoisotopic (exact) mass is 509 g/mol. The van der Waals surface area contributed by atoms with Gasteiger partial charge in [-0.3, -0.25) is 4.79 Å². The standard InChI is InChI=1S/C25H22F3N7O2/c26-25(27,28)11-14-2-1-3-18(10-14)34-24(37)33-17-6-4-15(5-7-17)20-19(23(36)32-16-8-9-16)12-35-21(20)22(29)30-13-31-35/h1-7,10,12-13,16H,8-9,11H2,(H,32,36)(H2,29,30,31)(H2,33,34,37). The van der Waals surface area contributed by atoms with Crippen LogP contribution in [-0.4, -0.2) is 38.8 Å². The number of rotatable bonds is 6. The third kappa shape index (κ3) is 5.63. The van der Waals surface area contributed by atoms with Crippen molar-refractivity contribution in [1.29, 1.82) is 0 Å². The molecule has 0 aliphatic heterocycles. The number of alkyl halides is 3. The zero-order valence-corrected chi connectivity index (χ0v) is 19.3. The van der Waals surface area contributed by atoms with Gasteiger partial charge in [-0.2, -0.15) is 18.3 Å². The van der Waals surface area contributed by atoms with Crippen molar-refractivity contribution in [2.75, 3.05) is 16.4 Å². The predicted molar refractivity (Wildman–Crippen MR) is 132 cm³/mol. The highest BCUT2D eigenvalue weighted by Gasteiger charge is 2.28. The Bertz CT molecular complexity index is 1480. The molecule has 1 aliphatic carbocycles. The number of halogens is 3. The maximum absolute atomic E-state index is 12.9. The van der Waals surface area contributed by atoms with Crippen molar-refractivity contribution in [3.8, 4) is 11.1 Å². The quantitative estimate of drug-likeness (QED) is 0.302. The summed E-state index contributed by atoms with van der Waals surface area (Å²) in [6.07, 6.45) is -0.650. The molecule has 3 amide bonds. The zero-order chi connectivity index (χ0) is 26.2. The van der Waals surface area contributed by atoms with E-state index < -0.39 is 18.6 Å². The van der Waals surface area contributed by atoms with Gasteiger partial charge in [-0.05, 0) is 48.2 Å². The summed E-state index contributed by atoms with van der Waals surface area (Å²) in [5, 5.41) is 12.3. The van der Waals surface area contributed by atoms with Gasteiger partial charge in [-0.1, -0.05) is 24.3 Å². The summed E-state index contributed by atoms with van der Waals surface area (Å²) in [5.41, 5.74) is 8.93. The molecule has 2 heterocycles. The highest BCUT2D eigenvalue weighted by molar-refractivity contribution is 6.07. The molecule has 12 heteroatoms. The average Bonchev–Trinajstić information content (AvgIpc) is 3.55. The Kier molecular flexibility index (Phi) is 6.15. The number of hydrogen-bond donors (Lipinski definition) is 4. The number of nitrogens with zero attached hydrogens (tertiary/aromatic N) is 3. The van der Waals surface area contributed by atoms with Crippen molar-refractivity contribution in [2.24, 2.45) is 0 Å². The fourth-order valence-electron chi connectivity index (χ4n) is 3.99. The van der Waals surface area contributed by atoms with Crippen molar-refractivity contribution < 1.29 is 22.8 Å². The van der Waals surface area contributed by atoms with Crippen LogP contribution in [0.3, 0.4) is 0 Å². The number of nitrogens with two attached hydrogens (primary N) is 1. The van der Waals surface area contributed by atoms with E-state index in [0.717, 1.165) is 12.8 Å². The van der Waals surface area contributed by atoms with Crippen LogP contribution in [0.2, 0.25) is 0 Å². The fraction of sp³-hybridized carbons (Fsp3) is 0.200. The van der Waals surface area contributed by atoms with E-state index in [1.54, 1.807) is 30.5 Å². The number of nitrogens with one attached hydrogen (secondary N) is 3. The lowest BCUT2D eigenvalue weighted by Gasteiger charge is -2.11. The lowest BCUT2D eigenvalue weighted by molar-refractivity contribution is -0.127. The first-order valence-electron chi connectivity index (χ1n) is 11.4. The number of carbonyl (C=O) groups excluding carboxylic acids is 2. The molecule has 0 spiro atoms. The largest absolute Gasteiger partial charge is 0.393 e. The molecule has 0 unspecified atom stereocenters. The molecule has 37 heavy (non-hydrogen) atoms. The van der Waals surface area contributed by atoms with Crippen LogP contribution >= 0.6 is 0 Å². The number of aromatic nitrogens is 3. The summed E-state index contributed by atoms with van der Waals surface area (Å²) in [7, 11) is 0. The van der Waals surface area contributed by atoms with Crippen molar-refractivity contribution in [2.45, 2.75) is 31.5 Å². The maximum Gasteiger partial charge on any atom is 0.393 e. The SMILES string of the molecule is Nc1ncnn2cc(C(=O)NC3CC3)c(-c3ccc(NC(=O)Nc4cccc(CC(F)(F)F)c4)cc3)c12. The number of benzene rings is 2. The summed E-state index contributed by atoms with van der Waals surface area (Å²) >= 11 is 0. The van der Waals surface area contributed by atoms with E-state index in [0.29, 0.717) is 27.9 Å². The molecule has 0 bridgehead atoms. The van der Waals surface area contributed by atoms with Gasteiger partial charge < -0.3 is 21.7 Å². The summed E-state index contributed by atoms with van der Waals surface area (Å²) < 4.78 is 39.5. The number of anilines is 3. The van der Waals surface area contributed by atoms with Crippen LogP contribution in [0.1, 0.15) is 28.8 Å². The van der Waals surface area contributed by atoms with E-state index in [2.05, 4.69) is 26.0 Å². The normalized spacial score (nSPS) is 13.4. The van der Waals surface area contributed by atoms with E-state index in [9.17, 15) is 22.8 Å². The molecule has 1 aliphatic rings. The Hall–Kier alpha value is -4.61. The van der Waals surface area contributed by atoms with E-state index in [4.69, 9.17) is 5.73 Å². The molecule has 5 rings (SSSR count). The molecule has 4 aromatic rings. The Morgan fingerprint density at radius 1 is 1.05 bits per heavy atom. The van der Waals surface area contributed by atoms with Crippen molar-refractivity contribution in [1.82, 2.24) is 19.9 Å². The molecule has 5 N–H and O–H groups in total. The number of fused-ring (bicyclic) bond motifs is 1. The molecule has 1 fully saturated rings. The van der Waals surface area contributed by atoms with Crippen LogP contribution in [0.15, 0.2) is 61.1 Å². The molecule has 2 aromatic heterocycles. The molecule has 0 radical (unpaired) electrons. The lowest BCUT2D eigenvalue weighted by atomic mass is 10.0. The number of amides is 3. The van der Waals surface area contributed by atoms with Gasteiger partial charge in [0.05, 0.1) is 12.0 Å². The van der Waals surface area contributed by atoms with Crippen LogP contribution in [0.5, 0.6) is 0 Å². The minimum absolute atomic E-state index is 0.0410. The predicted octanol–water partition coefficient (Wildman–Crippen LogP) is 4.62. The maximum atomic E-state index is 12.9. The molecular formula is C25H22F3N7O2. The molecule has 1 saturated carbocycles. The van der Waals surface area contributed by atoms with Crippen molar-refractivity contribution >= 4 is 34.6 Å². The molecule has 0 saturated heterocycles. The van der Waals surface area contributed by atoms with E-state index in [-0.39, 0.29) is 29.0 Å². The first-order valence-corrected chi connectivity index (χ1v) is 11.4. The van der Waals surface area contributed by atoms with E-state index >= 15 is 0 Å². The van der Waals surface area contributed by atoms with Crippen LogP contribution in [0.4, 0.5) is 35.2 Å². The summed E-state index contributed by atoms with van der Waals surface area (Å²) in [6.45, 7) is 0. The van der Waals surface area contributed by atoms with E-state index in [1.807, 2.05) is 0 Å². The van der Waals surface area contributed by atoms with Crippen LogP contribution in [-0.2, 0) is 6.42 Å². The Balaban J connectivity index is 1.35. The summed E-state index contributed by atoms with van der Waals surface area (Å²) in [6, 6.07) is 11.8. The average molecular weight is 509 g/mol. The van der Waals surface area contributed by atoms with Crippen LogP contribution in [0, 0.1) is 0 Å². The second-order valence-electron chi connectivity index (χ2n) is 8.75. The molecule has 2 aromatic carbocycles. The molecular weight excluding hydrogens is 487 g/mol. The number of nitrogen functional groups attached to an aromatic ring is 1. The van der Waals surface area contributed by atoms with Gasteiger partial charge in [-0.25, -0.2) is 14.3 Å². The highest BCUT2D eigenvalue weighted by Crippen LogP contribution is 2.34. The first kappa shape index (κ1) is 24.1. The second-order valence-corrected chi connectivity index (χ2v) is 8.75. The van der Waals surface area contributed by atoms with Gasteiger partial charge in [0.1, 0.15) is 11.8 Å². The third-order valence-corrected chi connectivity index (χ3v) is 5.78. The fourth-order valence-corrected chi connectivity index (χ4v) is 3.99. The number of urea groups is 1. The van der Waals surface area contributed by atoms with Crippen molar-refractivity contribution in [3.05, 3.63) is 72.2 Å². The minimum atomic E-state index is -4.34. The molecule has 9 nitrogen and oxygen atoms in total. The smallest absolute Gasteiger partial charge is 0.382 e. The van der Waals surface area contributed by atoms with Gasteiger partial charge in [0.25, 0.3) is 5.91 Å². The third-order valence-electron chi connectivity index (χ3n) is 5.78. The highest BCUT2D eigenvalue weighted by atomic mass is 19.4. The Labute approximate surface area is 208 Å². The van der Waals surface area contributed by atoms with Gasteiger partial charge in [-0.15, -0.1) is 0 Å². The van der Waals surface area contributed by atoms with Crippen LogP contribution in [0.25, 0.3) is 16.6 Å². The summed E-state index contributed by atoms with van der Waals surface area (Å²) in [5.74, 6) is -0.0264. The molecule has 0 atom stereocenters.